The molecule has 0 radical (unpaired) electrons. The Bertz CT molecular complexity index is 298. The second-order valence-corrected chi connectivity index (χ2v) is 10.1. The zero-order valence-corrected chi connectivity index (χ0v) is 11.5. The molecule has 0 spiro atoms. The monoisotopic (exact) mass is 222 g/mol. The molecule has 1 aromatic carbocycles. The van der Waals surface area contributed by atoms with Crippen molar-refractivity contribution in [3.63, 3.8) is 0 Å². The molecule has 84 valence electrons. The standard InChI is InChI=1S/C13H22OSi/c1-13(2,14-15(3,4)5)11-12-9-7-6-8-10-12/h6-10H,11H2,1-5H3. The van der Waals surface area contributed by atoms with Crippen LogP contribution in [-0.2, 0) is 10.8 Å². The van der Waals surface area contributed by atoms with E-state index in [1.54, 1.807) is 0 Å². The molecule has 0 amide bonds. The fraction of sp³-hybridized carbons (Fsp3) is 0.538. The van der Waals surface area contributed by atoms with E-state index >= 15 is 0 Å². The van der Waals surface area contributed by atoms with Crippen LogP contribution in [0.15, 0.2) is 30.3 Å². The van der Waals surface area contributed by atoms with Crippen LogP contribution in [-0.4, -0.2) is 13.9 Å². The zero-order chi connectivity index (χ0) is 11.5. The highest BCUT2D eigenvalue weighted by molar-refractivity contribution is 6.69. The van der Waals surface area contributed by atoms with Gasteiger partial charge in [0.15, 0.2) is 8.32 Å². The van der Waals surface area contributed by atoms with E-state index in [2.05, 4.69) is 63.8 Å². The molecule has 0 aliphatic carbocycles. The minimum absolute atomic E-state index is 0.0498. The lowest BCUT2D eigenvalue weighted by Gasteiger charge is -2.33. The van der Waals surface area contributed by atoms with Crippen LogP contribution < -0.4 is 0 Å². The zero-order valence-electron chi connectivity index (χ0n) is 10.5. The quantitative estimate of drug-likeness (QED) is 0.703. The third-order valence-electron chi connectivity index (χ3n) is 2.06. The summed E-state index contributed by atoms with van der Waals surface area (Å²) in [5, 5.41) is 0. The Labute approximate surface area is 94.6 Å². The van der Waals surface area contributed by atoms with Gasteiger partial charge in [0, 0.05) is 0 Å². The van der Waals surface area contributed by atoms with Crippen molar-refractivity contribution < 1.29 is 4.43 Å². The van der Waals surface area contributed by atoms with Crippen molar-refractivity contribution in [1.82, 2.24) is 0 Å². The van der Waals surface area contributed by atoms with Crippen LogP contribution in [0, 0.1) is 0 Å². The summed E-state index contributed by atoms with van der Waals surface area (Å²) in [6.45, 7) is 11.1. The van der Waals surface area contributed by atoms with Gasteiger partial charge in [-0.1, -0.05) is 30.3 Å². The number of benzene rings is 1. The second-order valence-electron chi connectivity index (χ2n) is 5.64. The molecule has 0 saturated heterocycles. The molecule has 0 saturated carbocycles. The molecule has 1 aromatic rings. The van der Waals surface area contributed by atoms with Crippen LogP contribution in [0.5, 0.6) is 0 Å². The molecule has 0 fully saturated rings. The van der Waals surface area contributed by atoms with Crippen LogP contribution in [0.3, 0.4) is 0 Å². The number of hydrogen-bond donors (Lipinski definition) is 0. The Balaban J connectivity index is 2.65. The lowest BCUT2D eigenvalue weighted by molar-refractivity contribution is 0.102. The van der Waals surface area contributed by atoms with E-state index in [-0.39, 0.29) is 5.60 Å². The molecule has 0 N–H and O–H groups in total. The third kappa shape index (κ3) is 5.14. The predicted octanol–water partition coefficient (Wildman–Crippen LogP) is 3.86. The molecule has 15 heavy (non-hydrogen) atoms. The van der Waals surface area contributed by atoms with Gasteiger partial charge in [0.05, 0.1) is 5.60 Å². The minimum Gasteiger partial charge on any atom is -0.412 e. The summed E-state index contributed by atoms with van der Waals surface area (Å²) in [6, 6.07) is 10.5. The molecule has 2 heteroatoms. The van der Waals surface area contributed by atoms with Crippen molar-refractivity contribution in [2.24, 2.45) is 0 Å². The number of rotatable bonds is 4. The van der Waals surface area contributed by atoms with E-state index in [1.807, 2.05) is 0 Å². The van der Waals surface area contributed by atoms with Gasteiger partial charge < -0.3 is 4.43 Å². The molecule has 0 aliphatic heterocycles. The summed E-state index contributed by atoms with van der Waals surface area (Å²) < 4.78 is 6.17. The first-order valence-corrected chi connectivity index (χ1v) is 8.93. The van der Waals surface area contributed by atoms with E-state index in [0.717, 1.165) is 6.42 Å². The van der Waals surface area contributed by atoms with E-state index in [0.29, 0.717) is 0 Å². The summed E-state index contributed by atoms with van der Waals surface area (Å²) in [5.41, 5.74) is 1.30. The van der Waals surface area contributed by atoms with Crippen LogP contribution in [0.25, 0.3) is 0 Å². The maximum Gasteiger partial charge on any atom is 0.184 e. The SMILES string of the molecule is CC(C)(Cc1ccccc1)O[Si](C)(C)C. The van der Waals surface area contributed by atoms with Gasteiger partial charge >= 0.3 is 0 Å². The Morgan fingerprint density at radius 1 is 1.07 bits per heavy atom. The first-order chi connectivity index (χ1) is 6.79. The molecule has 0 heterocycles. The van der Waals surface area contributed by atoms with Crippen molar-refractivity contribution in [3.8, 4) is 0 Å². The Hall–Kier alpha value is -0.603. The van der Waals surface area contributed by atoms with Crippen LogP contribution in [0.2, 0.25) is 19.6 Å². The molecule has 0 atom stereocenters. The third-order valence-corrected chi connectivity index (χ3v) is 3.22. The molecule has 1 nitrogen and oxygen atoms in total. The fourth-order valence-corrected chi connectivity index (χ4v) is 3.68. The molecule has 1 rings (SSSR count). The lowest BCUT2D eigenvalue weighted by atomic mass is 9.99. The highest BCUT2D eigenvalue weighted by atomic mass is 28.4. The lowest BCUT2D eigenvalue weighted by Crippen LogP contribution is -2.39. The summed E-state index contributed by atoms with van der Waals surface area (Å²) in [5.74, 6) is 0. The molecule has 0 aliphatic rings. The molecule has 0 unspecified atom stereocenters. The van der Waals surface area contributed by atoms with Gasteiger partial charge in [-0.05, 0) is 45.5 Å². The van der Waals surface area contributed by atoms with Crippen molar-refractivity contribution in [2.45, 2.75) is 45.5 Å². The Morgan fingerprint density at radius 3 is 2.07 bits per heavy atom. The first-order valence-electron chi connectivity index (χ1n) is 5.53. The first kappa shape index (κ1) is 12.5. The van der Waals surface area contributed by atoms with Crippen molar-refractivity contribution >= 4 is 8.32 Å². The second kappa shape index (κ2) is 4.50. The Morgan fingerprint density at radius 2 is 1.60 bits per heavy atom. The smallest absolute Gasteiger partial charge is 0.184 e. The van der Waals surface area contributed by atoms with Crippen LogP contribution >= 0.6 is 0 Å². The van der Waals surface area contributed by atoms with Crippen molar-refractivity contribution in [2.75, 3.05) is 0 Å². The molecular formula is C13H22OSi. The Kier molecular flexibility index (Phi) is 3.74. The van der Waals surface area contributed by atoms with Gasteiger partial charge in [-0.2, -0.15) is 0 Å². The predicted molar refractivity (Wildman–Crippen MR) is 68.7 cm³/mol. The average molecular weight is 222 g/mol. The largest absolute Gasteiger partial charge is 0.412 e. The summed E-state index contributed by atoms with van der Waals surface area (Å²) in [6.07, 6.45) is 0.984. The van der Waals surface area contributed by atoms with Gasteiger partial charge in [-0.15, -0.1) is 0 Å². The van der Waals surface area contributed by atoms with Gasteiger partial charge in [-0.25, -0.2) is 0 Å². The molecular weight excluding hydrogens is 200 g/mol. The topological polar surface area (TPSA) is 9.23 Å². The van der Waals surface area contributed by atoms with Gasteiger partial charge in [0.1, 0.15) is 0 Å². The van der Waals surface area contributed by atoms with Crippen LogP contribution in [0.4, 0.5) is 0 Å². The minimum atomic E-state index is -1.45. The molecule has 0 aromatic heterocycles. The van der Waals surface area contributed by atoms with E-state index < -0.39 is 8.32 Å². The normalized spacial score (nSPS) is 12.9. The van der Waals surface area contributed by atoms with E-state index in [9.17, 15) is 0 Å². The van der Waals surface area contributed by atoms with Gasteiger partial charge in [0.25, 0.3) is 0 Å². The maximum atomic E-state index is 6.17. The van der Waals surface area contributed by atoms with Crippen molar-refractivity contribution in [1.29, 1.82) is 0 Å². The summed E-state index contributed by atoms with van der Waals surface area (Å²) in [7, 11) is -1.45. The number of hydrogen-bond acceptors (Lipinski definition) is 1. The summed E-state index contributed by atoms with van der Waals surface area (Å²) in [4.78, 5) is 0. The van der Waals surface area contributed by atoms with E-state index in [1.165, 1.54) is 5.56 Å². The maximum absolute atomic E-state index is 6.17. The average Bonchev–Trinajstić information content (AvgIpc) is 1.99. The van der Waals surface area contributed by atoms with Crippen LogP contribution in [0.1, 0.15) is 19.4 Å². The van der Waals surface area contributed by atoms with Gasteiger partial charge in [-0.3, -0.25) is 0 Å². The highest BCUT2D eigenvalue weighted by Crippen LogP contribution is 2.21. The van der Waals surface area contributed by atoms with Gasteiger partial charge in [0.2, 0.25) is 0 Å². The highest BCUT2D eigenvalue weighted by Gasteiger charge is 2.27. The van der Waals surface area contributed by atoms with E-state index in [4.69, 9.17) is 4.43 Å². The molecule has 0 bridgehead atoms. The van der Waals surface area contributed by atoms with Crippen molar-refractivity contribution in [3.05, 3.63) is 35.9 Å². The fourth-order valence-electron chi connectivity index (χ4n) is 1.95. The summed E-state index contributed by atoms with van der Waals surface area (Å²) >= 11 is 0.